The standard InChI is InChI=1S/C10H18N4O2/c11-8(15)7-5-10(1-3-13-4-2-10)6-14(7)9(12)16/h7,13H,1-6H2,(H2,11,15)(H2,12,16). The smallest absolute Gasteiger partial charge is 0.315 e. The van der Waals surface area contributed by atoms with Crippen molar-refractivity contribution in [2.75, 3.05) is 19.6 Å². The molecule has 6 nitrogen and oxygen atoms in total. The minimum atomic E-state index is -0.542. The highest BCUT2D eigenvalue weighted by molar-refractivity contribution is 5.86. The first kappa shape index (κ1) is 11.2. The van der Waals surface area contributed by atoms with Crippen LogP contribution in [-0.4, -0.2) is 42.5 Å². The molecule has 1 spiro atoms. The molecule has 0 aliphatic carbocycles. The van der Waals surface area contributed by atoms with Gasteiger partial charge in [-0.3, -0.25) is 4.79 Å². The Morgan fingerprint density at radius 3 is 2.31 bits per heavy atom. The van der Waals surface area contributed by atoms with Gasteiger partial charge in [-0.15, -0.1) is 0 Å². The molecule has 2 aliphatic rings. The molecular formula is C10H18N4O2. The van der Waals surface area contributed by atoms with Crippen LogP contribution in [-0.2, 0) is 4.79 Å². The zero-order chi connectivity index (χ0) is 11.8. The van der Waals surface area contributed by atoms with Crippen LogP contribution in [0, 0.1) is 5.41 Å². The Bertz CT molecular complexity index is 288. The molecule has 6 heteroatoms. The van der Waals surface area contributed by atoms with Gasteiger partial charge in [-0.05, 0) is 37.8 Å². The third kappa shape index (κ3) is 1.84. The lowest BCUT2D eigenvalue weighted by molar-refractivity contribution is -0.121. The van der Waals surface area contributed by atoms with E-state index in [0.717, 1.165) is 25.9 Å². The molecule has 5 N–H and O–H groups in total. The van der Waals surface area contributed by atoms with E-state index in [9.17, 15) is 9.59 Å². The number of urea groups is 1. The molecule has 2 rings (SSSR count). The van der Waals surface area contributed by atoms with Gasteiger partial charge < -0.3 is 21.7 Å². The van der Waals surface area contributed by atoms with E-state index in [-0.39, 0.29) is 5.41 Å². The summed E-state index contributed by atoms with van der Waals surface area (Å²) in [6.07, 6.45) is 2.61. The molecule has 0 aromatic carbocycles. The number of hydrogen-bond donors (Lipinski definition) is 3. The topological polar surface area (TPSA) is 101 Å². The van der Waals surface area contributed by atoms with Crippen LogP contribution >= 0.6 is 0 Å². The van der Waals surface area contributed by atoms with Crippen LogP contribution in [0.5, 0.6) is 0 Å². The fourth-order valence-electron chi connectivity index (χ4n) is 2.86. The second kappa shape index (κ2) is 3.93. The lowest BCUT2D eigenvalue weighted by atomic mass is 9.77. The summed E-state index contributed by atoms with van der Waals surface area (Å²) in [6.45, 7) is 2.42. The molecule has 1 atom stereocenters. The molecule has 0 saturated carbocycles. The van der Waals surface area contributed by atoms with Crippen molar-refractivity contribution in [2.24, 2.45) is 16.9 Å². The van der Waals surface area contributed by atoms with Crippen LogP contribution in [0.25, 0.3) is 0 Å². The molecule has 2 fully saturated rings. The van der Waals surface area contributed by atoms with Gasteiger partial charge in [0.05, 0.1) is 0 Å². The predicted octanol–water partition coefficient (Wildman–Crippen LogP) is -1.01. The van der Waals surface area contributed by atoms with Gasteiger partial charge in [-0.1, -0.05) is 0 Å². The van der Waals surface area contributed by atoms with Crippen LogP contribution in [0.2, 0.25) is 0 Å². The van der Waals surface area contributed by atoms with Gasteiger partial charge in [0.1, 0.15) is 6.04 Å². The lowest BCUT2D eigenvalue weighted by Gasteiger charge is -2.33. The average molecular weight is 226 g/mol. The highest BCUT2D eigenvalue weighted by atomic mass is 16.2. The molecule has 2 aliphatic heterocycles. The summed E-state index contributed by atoms with van der Waals surface area (Å²) in [6, 6.07) is -1.06. The van der Waals surface area contributed by atoms with Gasteiger partial charge in [0.15, 0.2) is 0 Å². The Balaban J connectivity index is 2.16. The molecule has 90 valence electrons. The molecule has 16 heavy (non-hydrogen) atoms. The number of piperidine rings is 1. The maximum Gasteiger partial charge on any atom is 0.315 e. The number of carbonyl (C=O) groups excluding carboxylic acids is 2. The van der Waals surface area contributed by atoms with Crippen molar-refractivity contribution in [3.8, 4) is 0 Å². The zero-order valence-electron chi connectivity index (χ0n) is 9.24. The van der Waals surface area contributed by atoms with E-state index in [1.54, 1.807) is 0 Å². The van der Waals surface area contributed by atoms with E-state index in [1.165, 1.54) is 4.90 Å². The first-order valence-corrected chi connectivity index (χ1v) is 5.60. The summed E-state index contributed by atoms with van der Waals surface area (Å²) in [5.74, 6) is -0.450. The van der Waals surface area contributed by atoms with Crippen molar-refractivity contribution >= 4 is 11.9 Å². The summed E-state index contributed by atoms with van der Waals surface area (Å²) < 4.78 is 0. The van der Waals surface area contributed by atoms with Crippen molar-refractivity contribution in [1.29, 1.82) is 0 Å². The van der Waals surface area contributed by atoms with Crippen LogP contribution < -0.4 is 16.8 Å². The van der Waals surface area contributed by atoms with Crippen molar-refractivity contribution in [2.45, 2.75) is 25.3 Å². The van der Waals surface area contributed by atoms with E-state index in [4.69, 9.17) is 11.5 Å². The zero-order valence-corrected chi connectivity index (χ0v) is 9.24. The van der Waals surface area contributed by atoms with Crippen molar-refractivity contribution in [1.82, 2.24) is 10.2 Å². The van der Waals surface area contributed by atoms with Gasteiger partial charge in [0.2, 0.25) is 5.91 Å². The maximum absolute atomic E-state index is 11.3. The van der Waals surface area contributed by atoms with Gasteiger partial charge >= 0.3 is 6.03 Å². The second-order valence-corrected chi connectivity index (χ2v) is 4.84. The lowest BCUT2D eigenvalue weighted by Crippen LogP contribution is -2.46. The SMILES string of the molecule is NC(=O)C1CC2(CCNCC2)CN1C(N)=O. The Hall–Kier alpha value is -1.30. The Kier molecular flexibility index (Phi) is 2.75. The van der Waals surface area contributed by atoms with Crippen molar-refractivity contribution < 1.29 is 9.59 Å². The van der Waals surface area contributed by atoms with Crippen LogP contribution in [0.15, 0.2) is 0 Å². The van der Waals surface area contributed by atoms with E-state index in [2.05, 4.69) is 5.32 Å². The number of rotatable bonds is 1. The quantitative estimate of drug-likeness (QED) is 0.534. The van der Waals surface area contributed by atoms with Crippen LogP contribution in [0.4, 0.5) is 4.79 Å². The summed E-state index contributed by atoms with van der Waals surface area (Å²) >= 11 is 0. The summed E-state index contributed by atoms with van der Waals surface area (Å²) in [4.78, 5) is 24.0. The summed E-state index contributed by atoms with van der Waals surface area (Å²) in [5, 5.41) is 3.27. The maximum atomic E-state index is 11.3. The van der Waals surface area contributed by atoms with Gasteiger partial charge in [-0.25, -0.2) is 4.79 Å². The number of amides is 3. The Morgan fingerprint density at radius 1 is 1.25 bits per heavy atom. The van der Waals surface area contributed by atoms with E-state index >= 15 is 0 Å². The van der Waals surface area contributed by atoms with E-state index in [1.807, 2.05) is 0 Å². The van der Waals surface area contributed by atoms with Crippen molar-refractivity contribution in [3.05, 3.63) is 0 Å². The van der Waals surface area contributed by atoms with E-state index < -0.39 is 18.0 Å². The average Bonchev–Trinajstić information content (AvgIpc) is 2.59. The van der Waals surface area contributed by atoms with Gasteiger partial charge in [0.25, 0.3) is 0 Å². The molecular weight excluding hydrogens is 208 g/mol. The molecule has 0 aromatic heterocycles. The first-order valence-electron chi connectivity index (χ1n) is 5.60. The molecule has 1 unspecified atom stereocenters. The number of nitrogens with two attached hydrogens (primary N) is 2. The third-order valence-corrected chi connectivity index (χ3v) is 3.78. The molecule has 2 heterocycles. The minimum Gasteiger partial charge on any atom is -0.368 e. The summed E-state index contributed by atoms with van der Waals surface area (Å²) in [7, 11) is 0. The highest BCUT2D eigenvalue weighted by Gasteiger charge is 2.47. The molecule has 0 bridgehead atoms. The minimum absolute atomic E-state index is 0.0416. The van der Waals surface area contributed by atoms with Gasteiger partial charge in [0, 0.05) is 6.54 Å². The monoisotopic (exact) mass is 226 g/mol. The fraction of sp³-hybridized carbons (Fsp3) is 0.800. The molecule has 0 aromatic rings. The number of nitrogens with one attached hydrogen (secondary N) is 1. The van der Waals surface area contributed by atoms with Crippen molar-refractivity contribution in [3.63, 3.8) is 0 Å². The number of primary amides is 2. The fourth-order valence-corrected chi connectivity index (χ4v) is 2.86. The number of likely N-dealkylation sites (tertiary alicyclic amines) is 1. The number of nitrogens with zero attached hydrogens (tertiary/aromatic N) is 1. The first-order chi connectivity index (χ1) is 7.54. The summed E-state index contributed by atoms with van der Waals surface area (Å²) in [5.41, 5.74) is 10.6. The third-order valence-electron chi connectivity index (χ3n) is 3.78. The van der Waals surface area contributed by atoms with Gasteiger partial charge in [-0.2, -0.15) is 0 Å². The van der Waals surface area contributed by atoms with E-state index in [0.29, 0.717) is 13.0 Å². The van der Waals surface area contributed by atoms with Crippen LogP contribution in [0.1, 0.15) is 19.3 Å². The Morgan fingerprint density at radius 2 is 1.88 bits per heavy atom. The second-order valence-electron chi connectivity index (χ2n) is 4.84. The highest BCUT2D eigenvalue weighted by Crippen LogP contribution is 2.41. The Labute approximate surface area is 94.3 Å². The van der Waals surface area contributed by atoms with Crippen LogP contribution in [0.3, 0.4) is 0 Å². The predicted molar refractivity (Wildman–Crippen MR) is 58.4 cm³/mol. The number of hydrogen-bond acceptors (Lipinski definition) is 3. The number of carbonyl (C=O) groups is 2. The normalized spacial score (nSPS) is 28.2. The largest absolute Gasteiger partial charge is 0.368 e. The molecule has 0 radical (unpaired) electrons. The molecule has 2 saturated heterocycles. The molecule has 3 amide bonds.